The average Bonchev–Trinajstić information content (AvgIpc) is 2.90. The summed E-state index contributed by atoms with van der Waals surface area (Å²) in [7, 11) is -3.84. The number of halogens is 1. The first-order valence-corrected chi connectivity index (χ1v) is 13.5. The molecule has 7 nitrogen and oxygen atoms in total. The van der Waals surface area contributed by atoms with Crippen molar-refractivity contribution in [3.8, 4) is 0 Å². The van der Waals surface area contributed by atoms with E-state index in [2.05, 4.69) is 26.2 Å². The van der Waals surface area contributed by atoms with Gasteiger partial charge in [0.05, 0.1) is 11.1 Å². The molecule has 0 aliphatic carbocycles. The maximum atomic E-state index is 13.9. The number of hydrogen-bond acceptors (Lipinski definition) is 6. The van der Waals surface area contributed by atoms with Gasteiger partial charge in [0, 0.05) is 54.2 Å². The van der Waals surface area contributed by atoms with Crippen molar-refractivity contribution in [3.63, 3.8) is 0 Å². The Kier molecular flexibility index (Phi) is 6.66. The zero-order chi connectivity index (χ0) is 26.0. The molecule has 0 bridgehead atoms. The topological polar surface area (TPSA) is 95.4 Å². The fraction of sp³-hybridized carbons (Fsp3) is 0.214. The monoisotopic (exact) mass is 518 g/mol. The lowest BCUT2D eigenvalue weighted by Crippen LogP contribution is -2.45. The van der Waals surface area contributed by atoms with E-state index in [4.69, 9.17) is 0 Å². The van der Waals surface area contributed by atoms with Crippen molar-refractivity contribution < 1.29 is 17.9 Å². The molecule has 2 aromatic heterocycles. The van der Waals surface area contributed by atoms with Crippen LogP contribution >= 0.6 is 0 Å². The first kappa shape index (κ1) is 24.9. The average molecular weight is 519 g/mol. The van der Waals surface area contributed by atoms with E-state index in [1.54, 1.807) is 42.6 Å². The number of aromatic nitrogens is 2. The van der Waals surface area contributed by atoms with E-state index in [0.29, 0.717) is 42.7 Å². The number of piperidine rings is 1. The van der Waals surface area contributed by atoms with Gasteiger partial charge in [0.15, 0.2) is 0 Å². The Morgan fingerprint density at radius 1 is 1.00 bits per heavy atom. The molecule has 0 amide bonds. The fourth-order valence-electron chi connectivity index (χ4n) is 4.69. The number of aliphatic hydroxyl groups is 1. The van der Waals surface area contributed by atoms with Crippen LogP contribution < -0.4 is 4.72 Å². The van der Waals surface area contributed by atoms with E-state index in [0.717, 1.165) is 16.6 Å². The molecule has 0 spiro atoms. The number of nitrogens with one attached hydrogen (secondary N) is 1. The van der Waals surface area contributed by atoms with Crippen LogP contribution in [-0.2, 0) is 16.4 Å². The van der Waals surface area contributed by atoms with Gasteiger partial charge in [-0.25, -0.2) is 13.4 Å². The lowest BCUT2D eigenvalue weighted by molar-refractivity contribution is -0.00943. The second kappa shape index (κ2) is 9.91. The minimum Gasteiger partial charge on any atom is -0.389 e. The van der Waals surface area contributed by atoms with Gasteiger partial charge < -0.3 is 10.0 Å². The molecule has 37 heavy (non-hydrogen) atoms. The highest BCUT2D eigenvalue weighted by atomic mass is 32.2. The van der Waals surface area contributed by atoms with E-state index in [1.165, 1.54) is 12.3 Å². The molecule has 2 aromatic carbocycles. The molecular formula is C28H27FN4O3S. The predicted molar refractivity (Wildman–Crippen MR) is 142 cm³/mol. The normalized spacial score (nSPS) is 15.5. The van der Waals surface area contributed by atoms with Crippen molar-refractivity contribution in [1.82, 2.24) is 14.9 Å². The molecule has 0 atom stereocenters. The molecule has 9 heteroatoms. The van der Waals surface area contributed by atoms with E-state index in [9.17, 15) is 17.9 Å². The van der Waals surface area contributed by atoms with Crippen molar-refractivity contribution in [2.24, 2.45) is 0 Å². The summed E-state index contributed by atoms with van der Waals surface area (Å²) >= 11 is 0. The Bertz CT molecular complexity index is 1540. The van der Waals surface area contributed by atoms with Gasteiger partial charge in [-0.05, 0) is 48.7 Å². The zero-order valence-corrected chi connectivity index (χ0v) is 21.0. The molecule has 1 fully saturated rings. The number of nitrogens with zero attached hydrogens (tertiary/aromatic N) is 3. The summed E-state index contributed by atoms with van der Waals surface area (Å²) in [5.74, 6) is -0.546. The van der Waals surface area contributed by atoms with E-state index >= 15 is 0 Å². The Morgan fingerprint density at radius 2 is 1.68 bits per heavy atom. The third-order valence-corrected chi connectivity index (χ3v) is 8.20. The molecule has 2 N–H and O–H groups in total. The van der Waals surface area contributed by atoms with Crippen LogP contribution in [-0.4, -0.2) is 47.1 Å². The van der Waals surface area contributed by atoms with Crippen LogP contribution in [0.1, 0.15) is 24.0 Å². The Balaban J connectivity index is 1.24. The van der Waals surface area contributed by atoms with E-state index < -0.39 is 21.6 Å². The van der Waals surface area contributed by atoms with Crippen molar-refractivity contribution in [2.45, 2.75) is 29.8 Å². The predicted octanol–water partition coefficient (Wildman–Crippen LogP) is 4.61. The Hall–Kier alpha value is -3.82. The van der Waals surface area contributed by atoms with Gasteiger partial charge in [-0.1, -0.05) is 43.0 Å². The molecule has 0 saturated carbocycles. The van der Waals surface area contributed by atoms with Crippen molar-refractivity contribution in [1.29, 1.82) is 0 Å². The van der Waals surface area contributed by atoms with Crippen LogP contribution in [0.4, 0.5) is 10.1 Å². The highest BCUT2D eigenvalue weighted by molar-refractivity contribution is 7.93. The van der Waals surface area contributed by atoms with Crippen LogP contribution in [0.5, 0.6) is 0 Å². The number of pyridine rings is 2. The summed E-state index contributed by atoms with van der Waals surface area (Å²) in [4.78, 5) is 10.1. The molecule has 1 saturated heterocycles. The van der Waals surface area contributed by atoms with E-state index in [1.807, 2.05) is 24.3 Å². The molecular weight excluding hydrogens is 491 g/mol. The molecule has 1 aliphatic rings. The number of anilines is 1. The summed E-state index contributed by atoms with van der Waals surface area (Å²) in [5, 5.41) is 11.7. The summed E-state index contributed by atoms with van der Waals surface area (Å²) in [6.45, 7) is 5.35. The van der Waals surface area contributed by atoms with E-state index in [-0.39, 0.29) is 11.3 Å². The smallest absolute Gasteiger partial charge is 0.264 e. The van der Waals surface area contributed by atoms with Gasteiger partial charge in [0.2, 0.25) is 5.95 Å². The third-order valence-electron chi connectivity index (χ3n) is 6.79. The lowest BCUT2D eigenvalue weighted by atomic mass is 9.85. The summed E-state index contributed by atoms with van der Waals surface area (Å²) in [6, 6.07) is 19.0. The maximum Gasteiger partial charge on any atom is 0.264 e. The molecule has 1 aliphatic heterocycles. The van der Waals surface area contributed by atoms with Gasteiger partial charge in [-0.15, -0.1) is 0 Å². The quantitative estimate of drug-likeness (QED) is 0.347. The summed E-state index contributed by atoms with van der Waals surface area (Å²) in [6.07, 6.45) is 4.12. The van der Waals surface area contributed by atoms with Crippen LogP contribution in [0.15, 0.2) is 90.6 Å². The highest BCUT2D eigenvalue weighted by Gasteiger charge is 2.34. The third kappa shape index (κ3) is 5.33. The molecule has 190 valence electrons. The molecule has 4 aromatic rings. The minimum absolute atomic E-state index is 0.117. The maximum absolute atomic E-state index is 13.9. The van der Waals surface area contributed by atoms with Crippen molar-refractivity contribution in [2.75, 3.05) is 17.8 Å². The fourth-order valence-corrected chi connectivity index (χ4v) is 5.93. The first-order chi connectivity index (χ1) is 17.7. The van der Waals surface area contributed by atoms with Gasteiger partial charge in [-0.2, -0.15) is 4.39 Å². The van der Waals surface area contributed by atoms with Crippen LogP contribution in [0.25, 0.3) is 16.6 Å². The number of benzene rings is 2. The number of fused-ring (bicyclic) bond motifs is 1. The van der Waals surface area contributed by atoms with Crippen LogP contribution in [0.3, 0.4) is 0 Å². The van der Waals surface area contributed by atoms with Crippen LogP contribution in [0.2, 0.25) is 0 Å². The van der Waals surface area contributed by atoms with Crippen molar-refractivity contribution in [3.05, 3.63) is 103 Å². The second-order valence-electron chi connectivity index (χ2n) is 9.30. The van der Waals surface area contributed by atoms with Crippen molar-refractivity contribution >= 4 is 32.3 Å². The Morgan fingerprint density at radius 3 is 2.41 bits per heavy atom. The van der Waals surface area contributed by atoms with Crippen LogP contribution in [0, 0.1) is 5.95 Å². The molecule has 0 unspecified atom stereocenters. The van der Waals surface area contributed by atoms with Gasteiger partial charge in [0.25, 0.3) is 10.0 Å². The molecule has 3 heterocycles. The largest absolute Gasteiger partial charge is 0.389 e. The number of rotatable bonds is 7. The highest BCUT2D eigenvalue weighted by Crippen LogP contribution is 2.31. The SMILES string of the molecule is C=C(c1ccc(NS(=O)(=O)c2cccc3cccnc23)cc1)N1CCC(O)(Cc2cccnc2F)CC1. The molecule has 0 radical (unpaired) electrons. The summed E-state index contributed by atoms with van der Waals surface area (Å²) in [5.41, 5.74) is 1.88. The second-order valence-corrected chi connectivity index (χ2v) is 11.0. The minimum atomic E-state index is -3.84. The van der Waals surface area contributed by atoms with Gasteiger partial charge >= 0.3 is 0 Å². The van der Waals surface area contributed by atoms with Gasteiger partial charge in [0.1, 0.15) is 4.90 Å². The zero-order valence-electron chi connectivity index (χ0n) is 20.1. The standard InChI is InChI=1S/C28H27FN4O3S/c1-20(33-17-13-28(34,14-18-33)19-23-7-4-16-31-27(23)29)21-9-11-24(12-10-21)32-37(35,36)25-8-2-5-22-6-3-15-30-26(22)25/h2-12,15-16,32,34H,1,13-14,17-19H2. The molecule has 5 rings (SSSR count). The number of hydrogen-bond donors (Lipinski definition) is 2. The lowest BCUT2D eigenvalue weighted by Gasteiger charge is -2.40. The number of para-hydroxylation sites is 1. The Labute approximate surface area is 215 Å². The number of likely N-dealkylation sites (tertiary alicyclic amines) is 1. The summed E-state index contributed by atoms with van der Waals surface area (Å²) < 4.78 is 42.7. The number of sulfonamides is 1. The van der Waals surface area contributed by atoms with Gasteiger partial charge in [-0.3, -0.25) is 9.71 Å². The first-order valence-electron chi connectivity index (χ1n) is 12.0.